The van der Waals surface area contributed by atoms with Crippen LogP contribution in [-0.2, 0) is 11.2 Å². The lowest BCUT2D eigenvalue weighted by molar-refractivity contribution is -0.122. The maximum absolute atomic E-state index is 13.7. The lowest BCUT2D eigenvalue weighted by Gasteiger charge is -2.28. The number of para-hydroxylation sites is 1. The van der Waals surface area contributed by atoms with Crippen LogP contribution in [-0.4, -0.2) is 42.5 Å². The van der Waals surface area contributed by atoms with Crippen molar-refractivity contribution >= 4 is 17.5 Å². The molecule has 2 aliphatic heterocycles. The molecule has 2 aromatic carbocycles. The van der Waals surface area contributed by atoms with Crippen molar-refractivity contribution in [2.24, 2.45) is 0 Å². The van der Waals surface area contributed by atoms with Crippen LogP contribution in [0.3, 0.4) is 0 Å². The van der Waals surface area contributed by atoms with Crippen molar-refractivity contribution in [3.8, 4) is 5.75 Å². The number of nitrogens with zero attached hydrogens (tertiary/aromatic N) is 2. The maximum atomic E-state index is 13.7. The average molecular weight is 382 g/mol. The van der Waals surface area contributed by atoms with Crippen LogP contribution in [0, 0.1) is 5.82 Å². The number of carbonyl (C=O) groups excluding carboxylic acids is 2. The first-order chi connectivity index (χ1) is 13.6. The SMILES string of the molecule is CCOc1ccccc1C(=O)N1CCCC1C(=O)N1CCc2ccc(F)cc21. The first kappa shape index (κ1) is 18.5. The Bertz CT molecular complexity index is 914. The second-order valence-corrected chi connectivity index (χ2v) is 7.10. The van der Waals surface area contributed by atoms with Gasteiger partial charge in [0.05, 0.1) is 12.2 Å². The van der Waals surface area contributed by atoms with Crippen LogP contribution in [0.4, 0.5) is 10.1 Å². The van der Waals surface area contributed by atoms with Crippen molar-refractivity contribution in [2.75, 3.05) is 24.6 Å². The Balaban J connectivity index is 1.59. The fourth-order valence-electron chi connectivity index (χ4n) is 4.11. The summed E-state index contributed by atoms with van der Waals surface area (Å²) < 4.78 is 19.3. The zero-order valence-electron chi connectivity index (χ0n) is 15.9. The number of carbonyl (C=O) groups is 2. The zero-order chi connectivity index (χ0) is 19.7. The smallest absolute Gasteiger partial charge is 0.258 e. The van der Waals surface area contributed by atoms with Crippen molar-refractivity contribution in [2.45, 2.75) is 32.2 Å². The quantitative estimate of drug-likeness (QED) is 0.814. The number of amides is 2. The van der Waals surface area contributed by atoms with Crippen LogP contribution in [0.5, 0.6) is 5.75 Å². The summed E-state index contributed by atoms with van der Waals surface area (Å²) in [5.74, 6) is -0.159. The standard InChI is InChI=1S/C22H23FN2O3/c1-2-28-20-8-4-3-6-17(20)21(26)24-12-5-7-18(24)22(27)25-13-11-15-9-10-16(23)14-19(15)25/h3-4,6,8-10,14,18H,2,5,7,11-13H2,1H3. The molecule has 0 saturated carbocycles. The minimum atomic E-state index is -0.531. The molecule has 1 unspecified atom stereocenters. The van der Waals surface area contributed by atoms with E-state index >= 15 is 0 Å². The number of likely N-dealkylation sites (tertiary alicyclic amines) is 1. The minimum Gasteiger partial charge on any atom is -0.493 e. The molecule has 146 valence electrons. The Labute approximate surface area is 163 Å². The molecule has 28 heavy (non-hydrogen) atoms. The van der Waals surface area contributed by atoms with E-state index < -0.39 is 6.04 Å². The predicted molar refractivity (Wildman–Crippen MR) is 104 cm³/mol. The van der Waals surface area contributed by atoms with Gasteiger partial charge in [-0.1, -0.05) is 18.2 Å². The van der Waals surface area contributed by atoms with Gasteiger partial charge in [-0.15, -0.1) is 0 Å². The number of rotatable bonds is 4. The summed E-state index contributed by atoms with van der Waals surface area (Å²) in [6.45, 7) is 3.38. The molecular weight excluding hydrogens is 359 g/mol. The van der Waals surface area contributed by atoms with E-state index in [1.54, 1.807) is 34.1 Å². The first-order valence-electron chi connectivity index (χ1n) is 9.72. The van der Waals surface area contributed by atoms with Crippen molar-refractivity contribution in [1.82, 2.24) is 4.90 Å². The van der Waals surface area contributed by atoms with Crippen molar-refractivity contribution in [3.63, 3.8) is 0 Å². The van der Waals surface area contributed by atoms with Crippen molar-refractivity contribution in [3.05, 3.63) is 59.4 Å². The number of benzene rings is 2. The highest BCUT2D eigenvalue weighted by atomic mass is 19.1. The van der Waals surface area contributed by atoms with Crippen LogP contribution in [0.25, 0.3) is 0 Å². The van der Waals surface area contributed by atoms with Crippen LogP contribution in [0.15, 0.2) is 42.5 Å². The van der Waals surface area contributed by atoms with E-state index in [1.807, 2.05) is 13.0 Å². The molecule has 0 N–H and O–H groups in total. The monoisotopic (exact) mass is 382 g/mol. The van der Waals surface area contributed by atoms with Gasteiger partial charge in [0.25, 0.3) is 5.91 Å². The molecule has 0 spiro atoms. The fourth-order valence-corrected chi connectivity index (χ4v) is 4.11. The van der Waals surface area contributed by atoms with Gasteiger partial charge in [-0.2, -0.15) is 0 Å². The van der Waals surface area contributed by atoms with Crippen molar-refractivity contribution < 1.29 is 18.7 Å². The number of anilines is 1. The zero-order valence-corrected chi connectivity index (χ0v) is 15.9. The summed E-state index contributed by atoms with van der Waals surface area (Å²) in [6, 6.07) is 11.1. The van der Waals surface area contributed by atoms with E-state index in [4.69, 9.17) is 4.74 Å². The second-order valence-electron chi connectivity index (χ2n) is 7.10. The van der Waals surface area contributed by atoms with Gasteiger partial charge >= 0.3 is 0 Å². The Morgan fingerprint density at radius 2 is 2.00 bits per heavy atom. The van der Waals surface area contributed by atoms with Crippen LogP contribution in [0.2, 0.25) is 0 Å². The highest BCUT2D eigenvalue weighted by Gasteiger charge is 2.39. The van der Waals surface area contributed by atoms with Gasteiger partial charge in [-0.3, -0.25) is 9.59 Å². The molecule has 2 heterocycles. The predicted octanol–water partition coefficient (Wildman–Crippen LogP) is 3.42. The molecule has 6 heteroatoms. The van der Waals surface area contributed by atoms with Gasteiger partial charge in [0.2, 0.25) is 5.91 Å². The first-order valence-corrected chi connectivity index (χ1v) is 9.72. The lowest BCUT2D eigenvalue weighted by Crippen LogP contribution is -2.47. The largest absolute Gasteiger partial charge is 0.493 e. The third kappa shape index (κ3) is 3.23. The summed E-state index contributed by atoms with van der Waals surface area (Å²) >= 11 is 0. The molecule has 2 amide bonds. The molecule has 1 saturated heterocycles. The summed E-state index contributed by atoms with van der Waals surface area (Å²) in [6.07, 6.45) is 2.08. The topological polar surface area (TPSA) is 49.9 Å². The number of halogens is 1. The maximum Gasteiger partial charge on any atom is 0.258 e. The Hall–Kier alpha value is -2.89. The van der Waals surface area contributed by atoms with E-state index in [9.17, 15) is 14.0 Å². The molecule has 1 atom stereocenters. The van der Waals surface area contributed by atoms with Gasteiger partial charge in [-0.05, 0) is 56.0 Å². The fraction of sp³-hybridized carbons (Fsp3) is 0.364. The normalized spacial score (nSPS) is 18.3. The Kier molecular flexibility index (Phi) is 5.03. The van der Waals surface area contributed by atoms with Gasteiger partial charge in [0.15, 0.2) is 0 Å². The van der Waals surface area contributed by atoms with Gasteiger partial charge in [0.1, 0.15) is 17.6 Å². The van der Waals surface area contributed by atoms with Crippen LogP contribution in [0.1, 0.15) is 35.7 Å². The Morgan fingerprint density at radius 3 is 2.82 bits per heavy atom. The lowest BCUT2D eigenvalue weighted by atomic mass is 10.1. The molecule has 2 aliphatic rings. The van der Waals surface area contributed by atoms with Gasteiger partial charge < -0.3 is 14.5 Å². The third-order valence-electron chi connectivity index (χ3n) is 5.42. The van der Waals surface area contributed by atoms with Gasteiger partial charge in [-0.25, -0.2) is 4.39 Å². The molecule has 0 aromatic heterocycles. The molecule has 4 rings (SSSR count). The van der Waals surface area contributed by atoms with E-state index in [2.05, 4.69) is 0 Å². The van der Waals surface area contributed by atoms with Gasteiger partial charge in [0, 0.05) is 18.8 Å². The minimum absolute atomic E-state index is 0.135. The summed E-state index contributed by atoms with van der Waals surface area (Å²) in [5, 5.41) is 0. The van der Waals surface area contributed by atoms with E-state index in [0.29, 0.717) is 49.5 Å². The summed E-state index contributed by atoms with van der Waals surface area (Å²) in [5.41, 5.74) is 2.06. The highest BCUT2D eigenvalue weighted by molar-refractivity contribution is 6.04. The molecule has 5 nitrogen and oxygen atoms in total. The molecule has 0 bridgehead atoms. The van der Waals surface area contributed by atoms with Crippen molar-refractivity contribution in [1.29, 1.82) is 0 Å². The summed E-state index contributed by atoms with van der Waals surface area (Å²) in [7, 11) is 0. The Morgan fingerprint density at radius 1 is 1.18 bits per heavy atom. The average Bonchev–Trinajstić information content (AvgIpc) is 3.34. The summed E-state index contributed by atoms with van der Waals surface area (Å²) in [4.78, 5) is 29.7. The molecular formula is C22H23FN2O3. The van der Waals surface area contributed by atoms with E-state index in [-0.39, 0.29) is 17.6 Å². The number of hydrogen-bond donors (Lipinski definition) is 0. The molecule has 0 radical (unpaired) electrons. The second kappa shape index (κ2) is 7.62. The van der Waals surface area contributed by atoms with E-state index in [1.165, 1.54) is 12.1 Å². The van der Waals surface area contributed by atoms with Crippen LogP contribution >= 0.6 is 0 Å². The third-order valence-corrected chi connectivity index (χ3v) is 5.42. The number of ether oxygens (including phenoxy) is 1. The van der Waals surface area contributed by atoms with Crippen LogP contribution < -0.4 is 9.64 Å². The van der Waals surface area contributed by atoms with E-state index in [0.717, 1.165) is 12.0 Å². The number of hydrogen-bond acceptors (Lipinski definition) is 3. The molecule has 0 aliphatic carbocycles. The molecule has 1 fully saturated rings. The highest BCUT2D eigenvalue weighted by Crippen LogP contribution is 2.32. The number of fused-ring (bicyclic) bond motifs is 1. The molecule has 2 aromatic rings.